The van der Waals surface area contributed by atoms with Crippen molar-refractivity contribution in [2.75, 3.05) is 13.1 Å². The molecule has 1 saturated heterocycles. The highest BCUT2D eigenvalue weighted by atomic mass is 19.4. The first kappa shape index (κ1) is 18.5. The van der Waals surface area contributed by atoms with Gasteiger partial charge in [-0.15, -0.1) is 0 Å². The zero-order chi connectivity index (χ0) is 18.7. The number of likely N-dealkylation sites (tertiary alicyclic amines) is 1. The van der Waals surface area contributed by atoms with Gasteiger partial charge in [0.15, 0.2) is 0 Å². The predicted octanol–water partition coefficient (Wildman–Crippen LogP) is 3.77. The van der Waals surface area contributed by atoms with Crippen molar-refractivity contribution in [3.05, 3.63) is 71.8 Å². The SMILES string of the molecule is CC1C(CNC(=O)C(F)(F)F)CN1C(c1ccccc1)c1ccccc1. The summed E-state index contributed by atoms with van der Waals surface area (Å²) in [6.45, 7) is 2.66. The fraction of sp³-hybridized carbons (Fsp3) is 0.350. The molecule has 1 amide bonds. The highest BCUT2D eigenvalue weighted by molar-refractivity contribution is 5.81. The van der Waals surface area contributed by atoms with Gasteiger partial charge < -0.3 is 5.32 Å². The maximum atomic E-state index is 12.3. The van der Waals surface area contributed by atoms with E-state index >= 15 is 0 Å². The van der Waals surface area contributed by atoms with Crippen LogP contribution in [0.4, 0.5) is 13.2 Å². The van der Waals surface area contributed by atoms with Crippen LogP contribution >= 0.6 is 0 Å². The van der Waals surface area contributed by atoms with Gasteiger partial charge >= 0.3 is 12.1 Å². The zero-order valence-electron chi connectivity index (χ0n) is 14.4. The highest BCUT2D eigenvalue weighted by Crippen LogP contribution is 2.38. The Kier molecular flexibility index (Phi) is 5.32. The second kappa shape index (κ2) is 7.50. The summed E-state index contributed by atoms with van der Waals surface area (Å²) >= 11 is 0. The fourth-order valence-electron chi connectivity index (χ4n) is 3.47. The number of carbonyl (C=O) groups is 1. The third kappa shape index (κ3) is 3.90. The molecule has 3 nitrogen and oxygen atoms in total. The average Bonchev–Trinajstić information content (AvgIpc) is 2.64. The van der Waals surface area contributed by atoms with Crippen LogP contribution in [0.3, 0.4) is 0 Å². The van der Waals surface area contributed by atoms with E-state index in [1.165, 1.54) is 0 Å². The van der Waals surface area contributed by atoms with E-state index in [2.05, 4.69) is 29.2 Å². The predicted molar refractivity (Wildman–Crippen MR) is 93.4 cm³/mol. The lowest BCUT2D eigenvalue weighted by atomic mass is 9.84. The highest BCUT2D eigenvalue weighted by Gasteiger charge is 2.43. The Morgan fingerprint density at radius 1 is 1.08 bits per heavy atom. The lowest BCUT2D eigenvalue weighted by Crippen LogP contribution is -2.59. The molecule has 2 aromatic rings. The monoisotopic (exact) mass is 362 g/mol. The smallest absolute Gasteiger partial charge is 0.348 e. The van der Waals surface area contributed by atoms with Gasteiger partial charge in [0, 0.05) is 25.0 Å². The molecule has 0 aromatic heterocycles. The number of carbonyl (C=O) groups excluding carboxylic acids is 1. The molecule has 0 radical (unpaired) electrons. The summed E-state index contributed by atoms with van der Waals surface area (Å²) in [4.78, 5) is 13.3. The van der Waals surface area contributed by atoms with Crippen molar-refractivity contribution in [3.8, 4) is 0 Å². The molecule has 0 spiro atoms. The Bertz CT molecular complexity index is 694. The number of hydrogen-bond acceptors (Lipinski definition) is 2. The van der Waals surface area contributed by atoms with Crippen LogP contribution in [-0.2, 0) is 4.79 Å². The van der Waals surface area contributed by atoms with E-state index in [0.717, 1.165) is 11.1 Å². The second-order valence-electron chi connectivity index (χ2n) is 6.63. The van der Waals surface area contributed by atoms with Crippen molar-refractivity contribution in [1.82, 2.24) is 10.2 Å². The number of halogens is 3. The van der Waals surface area contributed by atoms with Gasteiger partial charge in [-0.05, 0) is 18.1 Å². The van der Waals surface area contributed by atoms with Gasteiger partial charge in [-0.25, -0.2) is 0 Å². The number of amides is 1. The first-order chi connectivity index (χ1) is 12.4. The Labute approximate surface area is 150 Å². The van der Waals surface area contributed by atoms with Crippen molar-refractivity contribution in [3.63, 3.8) is 0 Å². The molecule has 0 aliphatic carbocycles. The molecular formula is C20H21F3N2O. The van der Waals surface area contributed by atoms with Crippen LogP contribution in [0.2, 0.25) is 0 Å². The van der Waals surface area contributed by atoms with Gasteiger partial charge in [0.05, 0.1) is 6.04 Å². The van der Waals surface area contributed by atoms with Crippen LogP contribution in [0, 0.1) is 5.92 Å². The molecule has 0 bridgehead atoms. The Morgan fingerprint density at radius 3 is 2.00 bits per heavy atom. The zero-order valence-corrected chi connectivity index (χ0v) is 14.4. The topological polar surface area (TPSA) is 32.3 Å². The third-order valence-corrected chi connectivity index (χ3v) is 5.00. The number of benzene rings is 2. The largest absolute Gasteiger partial charge is 0.471 e. The van der Waals surface area contributed by atoms with E-state index in [-0.39, 0.29) is 24.5 Å². The number of nitrogens with one attached hydrogen (secondary N) is 1. The number of nitrogens with zero attached hydrogens (tertiary/aromatic N) is 1. The maximum absolute atomic E-state index is 12.3. The summed E-state index contributed by atoms with van der Waals surface area (Å²) in [6.07, 6.45) is -4.83. The fourth-order valence-corrected chi connectivity index (χ4v) is 3.47. The molecule has 1 N–H and O–H groups in total. The first-order valence-corrected chi connectivity index (χ1v) is 8.58. The summed E-state index contributed by atoms with van der Waals surface area (Å²) in [7, 11) is 0. The van der Waals surface area contributed by atoms with Gasteiger partial charge in [-0.1, -0.05) is 60.7 Å². The molecule has 2 atom stereocenters. The van der Waals surface area contributed by atoms with E-state index in [1.54, 1.807) is 0 Å². The van der Waals surface area contributed by atoms with Crippen LogP contribution < -0.4 is 5.32 Å². The number of hydrogen-bond donors (Lipinski definition) is 1. The minimum atomic E-state index is -4.83. The summed E-state index contributed by atoms with van der Waals surface area (Å²) in [5, 5.41) is 2.00. The molecule has 1 fully saturated rings. The van der Waals surface area contributed by atoms with Crippen LogP contribution in [0.25, 0.3) is 0 Å². The van der Waals surface area contributed by atoms with Gasteiger partial charge in [0.2, 0.25) is 0 Å². The molecule has 138 valence electrons. The van der Waals surface area contributed by atoms with Crippen LogP contribution in [0.1, 0.15) is 24.1 Å². The minimum absolute atomic E-state index is 0.00350. The van der Waals surface area contributed by atoms with Crippen molar-refractivity contribution < 1.29 is 18.0 Å². The average molecular weight is 362 g/mol. The normalized spacial score (nSPS) is 20.7. The van der Waals surface area contributed by atoms with Crippen LogP contribution in [-0.4, -0.2) is 36.1 Å². The molecule has 3 rings (SSSR count). The van der Waals surface area contributed by atoms with E-state index in [4.69, 9.17) is 0 Å². The number of rotatable bonds is 5. The maximum Gasteiger partial charge on any atom is 0.471 e. The van der Waals surface area contributed by atoms with Gasteiger partial charge in [-0.2, -0.15) is 13.2 Å². The van der Waals surface area contributed by atoms with Crippen LogP contribution in [0.5, 0.6) is 0 Å². The molecule has 1 aliphatic rings. The quantitative estimate of drug-likeness (QED) is 0.878. The summed E-state index contributed by atoms with van der Waals surface area (Å²) in [5.74, 6) is -1.87. The molecule has 2 aromatic carbocycles. The van der Waals surface area contributed by atoms with E-state index in [0.29, 0.717) is 6.54 Å². The van der Waals surface area contributed by atoms with Crippen molar-refractivity contribution in [1.29, 1.82) is 0 Å². The Morgan fingerprint density at radius 2 is 1.58 bits per heavy atom. The molecule has 1 heterocycles. The van der Waals surface area contributed by atoms with Gasteiger partial charge in [0.1, 0.15) is 0 Å². The van der Waals surface area contributed by atoms with Crippen molar-refractivity contribution >= 4 is 5.91 Å². The van der Waals surface area contributed by atoms with E-state index in [9.17, 15) is 18.0 Å². The van der Waals surface area contributed by atoms with Gasteiger partial charge in [-0.3, -0.25) is 9.69 Å². The Hall–Kier alpha value is -2.34. The molecular weight excluding hydrogens is 341 g/mol. The van der Waals surface area contributed by atoms with Crippen molar-refractivity contribution in [2.45, 2.75) is 25.2 Å². The van der Waals surface area contributed by atoms with E-state index < -0.39 is 12.1 Å². The second-order valence-corrected chi connectivity index (χ2v) is 6.63. The molecule has 1 aliphatic heterocycles. The summed E-state index contributed by atoms with van der Waals surface area (Å²) in [5.41, 5.74) is 2.28. The lowest BCUT2D eigenvalue weighted by Gasteiger charge is -2.51. The molecule has 0 saturated carbocycles. The van der Waals surface area contributed by atoms with Crippen molar-refractivity contribution in [2.24, 2.45) is 5.92 Å². The summed E-state index contributed by atoms with van der Waals surface area (Å²) < 4.78 is 37.0. The molecule has 2 unspecified atom stereocenters. The van der Waals surface area contributed by atoms with E-state index in [1.807, 2.05) is 48.6 Å². The third-order valence-electron chi connectivity index (χ3n) is 5.00. The molecule has 26 heavy (non-hydrogen) atoms. The Balaban J connectivity index is 1.71. The summed E-state index contributed by atoms with van der Waals surface area (Å²) in [6, 6.07) is 20.2. The number of alkyl halides is 3. The first-order valence-electron chi connectivity index (χ1n) is 8.58. The van der Waals surface area contributed by atoms with Crippen LogP contribution in [0.15, 0.2) is 60.7 Å². The molecule has 6 heteroatoms. The minimum Gasteiger partial charge on any atom is -0.348 e. The van der Waals surface area contributed by atoms with Gasteiger partial charge in [0.25, 0.3) is 0 Å². The lowest BCUT2D eigenvalue weighted by molar-refractivity contribution is -0.174. The standard InChI is InChI=1S/C20H21F3N2O/c1-14-17(12-24-19(26)20(21,22)23)13-25(14)18(15-8-4-2-5-9-15)16-10-6-3-7-11-16/h2-11,14,17-18H,12-13H2,1H3,(H,24,26).